The van der Waals surface area contributed by atoms with E-state index in [0.29, 0.717) is 13.0 Å². The van der Waals surface area contributed by atoms with Gasteiger partial charge in [-0.2, -0.15) is 5.26 Å². The topological polar surface area (TPSA) is 44.1 Å². The maximum absolute atomic E-state index is 12.3. The highest BCUT2D eigenvalue weighted by Crippen LogP contribution is 2.13. The molecular formula is C14H18N2O. The largest absolute Gasteiger partial charge is 0.335 e. The first-order chi connectivity index (χ1) is 8.07. The SMILES string of the molecule is Cc1ccccc1C(=O)N(CCC#N)C(C)C. The molecule has 1 aromatic rings. The van der Waals surface area contributed by atoms with Gasteiger partial charge in [-0.25, -0.2) is 0 Å². The fourth-order valence-electron chi connectivity index (χ4n) is 1.73. The third-order valence-electron chi connectivity index (χ3n) is 2.72. The average molecular weight is 230 g/mol. The highest BCUT2D eigenvalue weighted by molar-refractivity contribution is 5.95. The van der Waals surface area contributed by atoms with Crippen LogP contribution in [-0.2, 0) is 0 Å². The number of amides is 1. The predicted molar refractivity (Wildman–Crippen MR) is 67.6 cm³/mol. The summed E-state index contributed by atoms with van der Waals surface area (Å²) in [6.45, 7) is 6.35. The van der Waals surface area contributed by atoms with Gasteiger partial charge in [0.1, 0.15) is 0 Å². The van der Waals surface area contributed by atoms with Crippen LogP contribution >= 0.6 is 0 Å². The van der Waals surface area contributed by atoms with Gasteiger partial charge < -0.3 is 4.90 Å². The fraction of sp³-hybridized carbons (Fsp3) is 0.429. The van der Waals surface area contributed by atoms with E-state index in [-0.39, 0.29) is 11.9 Å². The van der Waals surface area contributed by atoms with Crippen molar-refractivity contribution < 1.29 is 4.79 Å². The first-order valence-electron chi connectivity index (χ1n) is 5.81. The predicted octanol–water partition coefficient (Wildman–Crippen LogP) is 2.76. The first kappa shape index (κ1) is 13.2. The number of benzene rings is 1. The van der Waals surface area contributed by atoms with Crippen molar-refractivity contribution >= 4 is 5.91 Å². The Balaban J connectivity index is 2.93. The van der Waals surface area contributed by atoms with E-state index >= 15 is 0 Å². The van der Waals surface area contributed by atoms with E-state index < -0.39 is 0 Å². The second-order valence-electron chi connectivity index (χ2n) is 4.32. The van der Waals surface area contributed by atoms with Crippen molar-refractivity contribution in [2.24, 2.45) is 0 Å². The maximum atomic E-state index is 12.3. The summed E-state index contributed by atoms with van der Waals surface area (Å²) in [5.74, 6) is 0.00773. The maximum Gasteiger partial charge on any atom is 0.254 e. The summed E-state index contributed by atoms with van der Waals surface area (Å²) in [7, 11) is 0. The lowest BCUT2D eigenvalue weighted by molar-refractivity contribution is 0.0709. The van der Waals surface area contributed by atoms with Gasteiger partial charge in [-0.1, -0.05) is 18.2 Å². The molecule has 0 bridgehead atoms. The molecule has 1 amide bonds. The Hall–Kier alpha value is -1.82. The van der Waals surface area contributed by atoms with E-state index in [1.165, 1.54) is 0 Å². The summed E-state index contributed by atoms with van der Waals surface area (Å²) in [5, 5.41) is 8.62. The molecular weight excluding hydrogens is 212 g/mol. The second-order valence-corrected chi connectivity index (χ2v) is 4.32. The van der Waals surface area contributed by atoms with E-state index in [0.717, 1.165) is 11.1 Å². The lowest BCUT2D eigenvalue weighted by Crippen LogP contribution is -2.37. The number of hydrogen-bond acceptors (Lipinski definition) is 2. The number of nitriles is 1. The Morgan fingerprint density at radius 2 is 2.06 bits per heavy atom. The van der Waals surface area contributed by atoms with Crippen molar-refractivity contribution in [1.82, 2.24) is 4.90 Å². The lowest BCUT2D eigenvalue weighted by Gasteiger charge is -2.26. The molecule has 0 aromatic heterocycles. The molecule has 17 heavy (non-hydrogen) atoms. The summed E-state index contributed by atoms with van der Waals surface area (Å²) >= 11 is 0. The van der Waals surface area contributed by atoms with Crippen LogP contribution in [0.5, 0.6) is 0 Å². The first-order valence-corrected chi connectivity index (χ1v) is 5.81. The molecule has 0 N–H and O–H groups in total. The molecule has 0 heterocycles. The van der Waals surface area contributed by atoms with Gasteiger partial charge in [-0.05, 0) is 32.4 Å². The summed E-state index contributed by atoms with van der Waals surface area (Å²) in [6, 6.07) is 9.73. The Morgan fingerprint density at radius 1 is 1.41 bits per heavy atom. The molecule has 3 heteroatoms. The molecule has 0 atom stereocenters. The average Bonchev–Trinajstić information content (AvgIpc) is 2.29. The molecule has 0 aliphatic rings. The smallest absolute Gasteiger partial charge is 0.254 e. The normalized spacial score (nSPS) is 10.1. The van der Waals surface area contributed by atoms with Crippen LogP contribution in [0.25, 0.3) is 0 Å². The number of aryl methyl sites for hydroxylation is 1. The van der Waals surface area contributed by atoms with E-state index in [4.69, 9.17) is 5.26 Å². The van der Waals surface area contributed by atoms with Gasteiger partial charge in [0.2, 0.25) is 0 Å². The highest BCUT2D eigenvalue weighted by Gasteiger charge is 2.19. The minimum atomic E-state index is 0.00773. The standard InChI is InChI=1S/C14H18N2O/c1-11(2)16(10-6-9-15)14(17)13-8-5-4-7-12(13)3/h4-5,7-8,11H,6,10H2,1-3H3. The molecule has 0 unspecified atom stereocenters. The molecule has 0 fully saturated rings. The number of rotatable bonds is 4. The van der Waals surface area contributed by atoms with Crippen LogP contribution < -0.4 is 0 Å². The second kappa shape index (κ2) is 6.05. The third kappa shape index (κ3) is 3.32. The molecule has 0 saturated heterocycles. The van der Waals surface area contributed by atoms with Gasteiger partial charge in [0.15, 0.2) is 0 Å². The van der Waals surface area contributed by atoms with E-state index in [1.807, 2.05) is 45.0 Å². The van der Waals surface area contributed by atoms with Gasteiger partial charge in [0.05, 0.1) is 12.5 Å². The molecule has 1 rings (SSSR count). The number of nitrogens with zero attached hydrogens (tertiary/aromatic N) is 2. The summed E-state index contributed by atoms with van der Waals surface area (Å²) in [5.41, 5.74) is 1.69. The highest BCUT2D eigenvalue weighted by atomic mass is 16.2. The van der Waals surface area contributed by atoms with E-state index in [1.54, 1.807) is 4.90 Å². The Bertz CT molecular complexity index is 432. The van der Waals surface area contributed by atoms with Crippen LogP contribution in [0.1, 0.15) is 36.2 Å². The van der Waals surface area contributed by atoms with E-state index in [9.17, 15) is 4.79 Å². The van der Waals surface area contributed by atoms with Crippen LogP contribution in [-0.4, -0.2) is 23.4 Å². The van der Waals surface area contributed by atoms with Crippen molar-refractivity contribution in [2.45, 2.75) is 33.2 Å². The monoisotopic (exact) mass is 230 g/mol. The van der Waals surface area contributed by atoms with Crippen LogP contribution in [0, 0.1) is 18.3 Å². The molecule has 0 spiro atoms. The van der Waals surface area contributed by atoms with Gasteiger partial charge in [0, 0.05) is 18.2 Å². The fourth-order valence-corrected chi connectivity index (χ4v) is 1.73. The Labute approximate surface area is 103 Å². The molecule has 1 aromatic carbocycles. The van der Waals surface area contributed by atoms with Crippen LogP contribution in [0.15, 0.2) is 24.3 Å². The van der Waals surface area contributed by atoms with Crippen molar-refractivity contribution in [3.8, 4) is 6.07 Å². The van der Waals surface area contributed by atoms with Crippen molar-refractivity contribution in [2.75, 3.05) is 6.54 Å². The molecule has 3 nitrogen and oxygen atoms in total. The number of carbonyl (C=O) groups excluding carboxylic acids is 1. The zero-order valence-corrected chi connectivity index (χ0v) is 10.6. The minimum Gasteiger partial charge on any atom is -0.335 e. The van der Waals surface area contributed by atoms with Gasteiger partial charge in [-0.15, -0.1) is 0 Å². The van der Waals surface area contributed by atoms with E-state index in [2.05, 4.69) is 6.07 Å². The number of carbonyl (C=O) groups is 1. The molecule has 0 aliphatic carbocycles. The van der Waals surface area contributed by atoms with Gasteiger partial charge in [0.25, 0.3) is 5.91 Å². The van der Waals surface area contributed by atoms with Crippen LogP contribution in [0.2, 0.25) is 0 Å². The Kier molecular flexibility index (Phi) is 4.71. The summed E-state index contributed by atoms with van der Waals surface area (Å²) in [4.78, 5) is 14.1. The molecule has 90 valence electrons. The van der Waals surface area contributed by atoms with Crippen molar-refractivity contribution in [1.29, 1.82) is 5.26 Å². The van der Waals surface area contributed by atoms with Crippen LogP contribution in [0.3, 0.4) is 0 Å². The zero-order chi connectivity index (χ0) is 12.8. The van der Waals surface area contributed by atoms with Crippen molar-refractivity contribution in [3.63, 3.8) is 0 Å². The molecule has 0 aliphatic heterocycles. The molecule has 0 radical (unpaired) electrons. The minimum absolute atomic E-state index is 0.00773. The lowest BCUT2D eigenvalue weighted by atomic mass is 10.1. The summed E-state index contributed by atoms with van der Waals surface area (Å²) < 4.78 is 0. The zero-order valence-electron chi connectivity index (χ0n) is 10.6. The van der Waals surface area contributed by atoms with Crippen molar-refractivity contribution in [3.05, 3.63) is 35.4 Å². The quantitative estimate of drug-likeness (QED) is 0.798. The number of hydrogen-bond donors (Lipinski definition) is 0. The van der Waals surface area contributed by atoms with Gasteiger partial charge >= 0.3 is 0 Å². The summed E-state index contributed by atoms with van der Waals surface area (Å²) in [6.07, 6.45) is 0.371. The Morgan fingerprint density at radius 3 is 2.59 bits per heavy atom. The van der Waals surface area contributed by atoms with Gasteiger partial charge in [-0.3, -0.25) is 4.79 Å². The third-order valence-corrected chi connectivity index (χ3v) is 2.72. The molecule has 0 saturated carbocycles. The van der Waals surface area contributed by atoms with Crippen LogP contribution in [0.4, 0.5) is 0 Å².